The van der Waals surface area contributed by atoms with E-state index < -0.39 is 50.2 Å². The van der Waals surface area contributed by atoms with Gasteiger partial charge in [0.2, 0.25) is 0 Å². The van der Waals surface area contributed by atoms with Crippen molar-refractivity contribution in [3.63, 3.8) is 0 Å². The Bertz CT molecular complexity index is 628. The van der Waals surface area contributed by atoms with E-state index in [1.807, 2.05) is 0 Å². The maximum atomic E-state index is 13.2. The molecule has 0 aromatic rings. The van der Waals surface area contributed by atoms with E-state index in [2.05, 4.69) is 0 Å². The molecule has 21 heavy (non-hydrogen) atoms. The summed E-state index contributed by atoms with van der Waals surface area (Å²) >= 11 is 0. The highest BCUT2D eigenvalue weighted by Crippen LogP contribution is 2.64. The molecule has 0 aromatic carbocycles. The predicted molar refractivity (Wildman–Crippen MR) is 65.2 cm³/mol. The van der Waals surface area contributed by atoms with Crippen molar-refractivity contribution in [1.82, 2.24) is 0 Å². The fraction of sp³-hybridized carbons (Fsp3) is 0.917. The second-order valence-electron chi connectivity index (χ2n) is 6.51. The minimum Gasteiger partial charge on any atom is -0.449 e. The number of carbonyl (C=O) groups is 1. The summed E-state index contributed by atoms with van der Waals surface area (Å²) in [7, 11) is -3.87. The predicted octanol–water partition coefficient (Wildman–Crippen LogP) is 0.992. The number of esters is 1. The lowest BCUT2D eigenvalue weighted by molar-refractivity contribution is -0.214. The van der Waals surface area contributed by atoms with Crippen LogP contribution in [0.5, 0.6) is 0 Å². The molecule has 5 unspecified atom stereocenters. The molecule has 0 aliphatic carbocycles. The standard InChI is InChI=1S/C12H16F2O6S/c1-9-5-6-7(18-9)10(2,20-21(6,16)17)12(9,4)19-8(15)11(3,13)14/h6-7H,5H2,1-4H3. The number of fused-ring (bicyclic) bond motifs is 1. The van der Waals surface area contributed by atoms with Crippen molar-refractivity contribution in [2.75, 3.05) is 0 Å². The molecule has 0 radical (unpaired) electrons. The Hall–Kier alpha value is -0.800. The van der Waals surface area contributed by atoms with Crippen molar-refractivity contribution in [1.29, 1.82) is 0 Å². The van der Waals surface area contributed by atoms with Gasteiger partial charge in [0.1, 0.15) is 17.0 Å². The van der Waals surface area contributed by atoms with E-state index in [0.717, 1.165) is 0 Å². The van der Waals surface area contributed by atoms with Crippen LogP contribution in [0.3, 0.4) is 0 Å². The molecule has 5 atom stereocenters. The maximum Gasteiger partial charge on any atom is 0.377 e. The third kappa shape index (κ3) is 1.57. The molecule has 9 heteroatoms. The first-order valence-corrected chi connectivity index (χ1v) is 7.98. The first-order valence-electron chi connectivity index (χ1n) is 6.50. The van der Waals surface area contributed by atoms with Gasteiger partial charge < -0.3 is 9.47 Å². The van der Waals surface area contributed by atoms with Crippen molar-refractivity contribution in [3.05, 3.63) is 0 Å². The largest absolute Gasteiger partial charge is 0.449 e. The Morgan fingerprint density at radius 1 is 1.33 bits per heavy atom. The van der Waals surface area contributed by atoms with Crippen LogP contribution in [0, 0.1) is 0 Å². The summed E-state index contributed by atoms with van der Waals surface area (Å²) in [6.07, 6.45) is -0.801. The van der Waals surface area contributed by atoms with E-state index in [-0.39, 0.29) is 6.42 Å². The molecule has 0 N–H and O–H groups in total. The number of carbonyl (C=O) groups excluding carboxylic acids is 1. The lowest BCUT2D eigenvalue weighted by Crippen LogP contribution is -2.65. The van der Waals surface area contributed by atoms with Gasteiger partial charge in [-0.1, -0.05) is 0 Å². The van der Waals surface area contributed by atoms with E-state index >= 15 is 0 Å². The van der Waals surface area contributed by atoms with Crippen molar-refractivity contribution >= 4 is 16.1 Å². The Kier molecular flexibility index (Phi) is 2.57. The second kappa shape index (κ2) is 3.57. The van der Waals surface area contributed by atoms with Gasteiger partial charge in [0.15, 0.2) is 11.2 Å². The minimum absolute atomic E-state index is 0.0364. The third-order valence-electron chi connectivity index (χ3n) is 5.13. The highest BCUT2D eigenvalue weighted by Gasteiger charge is 2.83. The van der Waals surface area contributed by atoms with Gasteiger partial charge in [-0.15, -0.1) is 0 Å². The molecule has 3 fully saturated rings. The maximum absolute atomic E-state index is 13.2. The molecule has 6 nitrogen and oxygen atoms in total. The zero-order chi connectivity index (χ0) is 16.1. The summed E-state index contributed by atoms with van der Waals surface area (Å²) in [6, 6.07) is 0. The first-order chi connectivity index (χ1) is 9.27. The highest BCUT2D eigenvalue weighted by atomic mass is 32.2. The van der Waals surface area contributed by atoms with Crippen LogP contribution in [0.15, 0.2) is 0 Å². The Morgan fingerprint density at radius 3 is 2.43 bits per heavy atom. The van der Waals surface area contributed by atoms with Crippen LogP contribution in [0.2, 0.25) is 0 Å². The van der Waals surface area contributed by atoms with Gasteiger partial charge in [-0.25, -0.2) is 4.79 Å². The average Bonchev–Trinajstić information content (AvgIpc) is 2.77. The summed E-state index contributed by atoms with van der Waals surface area (Å²) < 4.78 is 66.2. The molecule has 0 amide bonds. The van der Waals surface area contributed by atoms with Crippen LogP contribution in [-0.2, 0) is 28.6 Å². The number of rotatable bonds is 2. The lowest BCUT2D eigenvalue weighted by Gasteiger charge is -2.45. The number of halogens is 2. The van der Waals surface area contributed by atoms with Gasteiger partial charge in [-0.2, -0.15) is 17.2 Å². The fourth-order valence-electron chi connectivity index (χ4n) is 3.63. The van der Waals surface area contributed by atoms with Gasteiger partial charge in [0.25, 0.3) is 10.1 Å². The summed E-state index contributed by atoms with van der Waals surface area (Å²) in [5.41, 5.74) is -4.33. The Morgan fingerprint density at radius 2 is 1.90 bits per heavy atom. The summed E-state index contributed by atoms with van der Waals surface area (Å²) in [4.78, 5) is 11.6. The zero-order valence-corrected chi connectivity index (χ0v) is 12.8. The van der Waals surface area contributed by atoms with Crippen molar-refractivity contribution in [2.45, 2.75) is 68.2 Å². The molecular weight excluding hydrogens is 310 g/mol. The molecule has 0 aromatic heterocycles. The lowest BCUT2D eigenvalue weighted by atomic mass is 9.67. The highest BCUT2D eigenvalue weighted by molar-refractivity contribution is 7.87. The third-order valence-corrected chi connectivity index (χ3v) is 6.86. The Balaban J connectivity index is 2.06. The van der Waals surface area contributed by atoms with Gasteiger partial charge in [0.05, 0.1) is 0 Å². The van der Waals surface area contributed by atoms with Crippen LogP contribution in [0.4, 0.5) is 8.78 Å². The van der Waals surface area contributed by atoms with Crippen LogP contribution >= 0.6 is 0 Å². The molecule has 3 aliphatic rings. The van der Waals surface area contributed by atoms with Crippen LogP contribution in [0.25, 0.3) is 0 Å². The molecule has 120 valence electrons. The van der Waals surface area contributed by atoms with E-state index in [4.69, 9.17) is 13.7 Å². The van der Waals surface area contributed by atoms with Crippen molar-refractivity contribution in [2.24, 2.45) is 0 Å². The molecule has 0 spiro atoms. The molecular formula is C12H16F2O6S. The normalized spacial score (nSPS) is 50.4. The number of alkyl halides is 2. The summed E-state index contributed by atoms with van der Waals surface area (Å²) in [5, 5.41) is -0.860. The molecule has 0 saturated carbocycles. The monoisotopic (exact) mass is 326 g/mol. The zero-order valence-electron chi connectivity index (χ0n) is 12.0. The van der Waals surface area contributed by atoms with Gasteiger partial charge in [-0.3, -0.25) is 4.18 Å². The fourth-order valence-corrected chi connectivity index (χ4v) is 5.63. The van der Waals surface area contributed by atoms with E-state index in [1.165, 1.54) is 13.8 Å². The van der Waals surface area contributed by atoms with Crippen LogP contribution in [0.1, 0.15) is 34.1 Å². The first kappa shape index (κ1) is 15.1. The molecule has 3 saturated heterocycles. The van der Waals surface area contributed by atoms with Crippen LogP contribution in [-0.4, -0.2) is 48.5 Å². The van der Waals surface area contributed by atoms with E-state index in [9.17, 15) is 22.0 Å². The van der Waals surface area contributed by atoms with Crippen LogP contribution < -0.4 is 0 Å². The van der Waals surface area contributed by atoms with Gasteiger partial charge in [0, 0.05) is 13.3 Å². The minimum atomic E-state index is -3.87. The summed E-state index contributed by atoms with van der Waals surface area (Å²) in [5.74, 6) is -5.41. The SMILES string of the molecule is CC(F)(F)C(=O)OC1(C)C2(C)CC3C(O2)C1(C)OS3(=O)=O. The molecule has 3 rings (SSSR count). The molecule has 2 bridgehead atoms. The van der Waals surface area contributed by atoms with Gasteiger partial charge in [-0.05, 0) is 20.8 Å². The van der Waals surface area contributed by atoms with E-state index in [1.54, 1.807) is 6.92 Å². The van der Waals surface area contributed by atoms with E-state index in [0.29, 0.717) is 6.92 Å². The molecule has 3 heterocycles. The second-order valence-corrected chi connectivity index (χ2v) is 8.26. The summed E-state index contributed by atoms with van der Waals surface area (Å²) in [6.45, 7) is 4.78. The van der Waals surface area contributed by atoms with Gasteiger partial charge >= 0.3 is 11.9 Å². The molecule has 3 aliphatic heterocycles. The number of hydrogen-bond donors (Lipinski definition) is 0. The topological polar surface area (TPSA) is 78.9 Å². The quantitative estimate of drug-likeness (QED) is 0.556. The van der Waals surface area contributed by atoms with Crippen molar-refractivity contribution < 1.29 is 35.6 Å². The smallest absolute Gasteiger partial charge is 0.377 e. The van der Waals surface area contributed by atoms with Crippen molar-refractivity contribution in [3.8, 4) is 0 Å². The number of ether oxygens (including phenoxy) is 2. The number of hydrogen-bond acceptors (Lipinski definition) is 6. The average molecular weight is 326 g/mol. The Labute approximate surface area is 120 Å².